The van der Waals surface area contributed by atoms with Crippen molar-refractivity contribution >= 4 is 11.5 Å². The van der Waals surface area contributed by atoms with Crippen LogP contribution in [0.4, 0.5) is 23.2 Å². The van der Waals surface area contributed by atoms with Crippen LogP contribution >= 0.6 is 0 Å². The summed E-state index contributed by atoms with van der Waals surface area (Å²) in [5, 5.41) is 0. The lowest BCUT2D eigenvalue weighted by Crippen LogP contribution is -2.09. The van der Waals surface area contributed by atoms with E-state index in [2.05, 4.69) is 4.74 Å². The number of hydrogen-bond donors (Lipinski definition) is 1. The minimum Gasteiger partial charge on any atom is -0.433 e. The monoisotopic (exact) mass is 251 g/mol. The smallest absolute Gasteiger partial charge is 0.387 e. The number of ether oxygens (including phenoxy) is 1. The van der Waals surface area contributed by atoms with Gasteiger partial charge in [-0.15, -0.1) is 0 Å². The second-order valence-electron chi connectivity index (χ2n) is 3.22. The first-order valence-corrected chi connectivity index (χ1v) is 4.50. The number of benzene rings is 1. The van der Waals surface area contributed by atoms with Gasteiger partial charge in [0.05, 0.1) is 5.69 Å². The molecule has 0 saturated heterocycles. The van der Waals surface area contributed by atoms with E-state index in [-0.39, 0.29) is 11.3 Å². The van der Waals surface area contributed by atoms with Crippen LogP contribution < -0.4 is 10.5 Å². The Labute approximate surface area is 94.2 Å². The number of alkyl halides is 4. The van der Waals surface area contributed by atoms with Crippen molar-refractivity contribution in [2.75, 3.05) is 5.73 Å². The van der Waals surface area contributed by atoms with E-state index in [0.717, 1.165) is 13.0 Å². The van der Waals surface area contributed by atoms with Crippen molar-refractivity contribution in [1.82, 2.24) is 0 Å². The summed E-state index contributed by atoms with van der Waals surface area (Å²) in [5.74, 6) is -1.23. The van der Waals surface area contributed by atoms with Crippen LogP contribution in [0.15, 0.2) is 12.1 Å². The van der Waals surface area contributed by atoms with Crippen LogP contribution in [0, 0.1) is 0 Å². The van der Waals surface area contributed by atoms with Crippen LogP contribution in [0.1, 0.15) is 29.3 Å². The Bertz CT molecular complexity index is 435. The molecule has 1 aromatic rings. The van der Waals surface area contributed by atoms with E-state index in [0.29, 0.717) is 6.07 Å². The van der Waals surface area contributed by atoms with Crippen molar-refractivity contribution < 1.29 is 27.1 Å². The predicted molar refractivity (Wildman–Crippen MR) is 52.4 cm³/mol. The molecule has 0 aliphatic rings. The van der Waals surface area contributed by atoms with Gasteiger partial charge in [-0.2, -0.15) is 8.78 Å². The van der Waals surface area contributed by atoms with E-state index in [1.807, 2.05) is 0 Å². The zero-order chi connectivity index (χ0) is 13.2. The van der Waals surface area contributed by atoms with Crippen LogP contribution in [0.2, 0.25) is 0 Å². The van der Waals surface area contributed by atoms with Crippen molar-refractivity contribution in [3.8, 4) is 5.75 Å². The molecular weight excluding hydrogens is 242 g/mol. The number of halogens is 4. The number of hydrogen-bond acceptors (Lipinski definition) is 3. The molecule has 2 N–H and O–H groups in total. The molecule has 0 aliphatic carbocycles. The van der Waals surface area contributed by atoms with Gasteiger partial charge in [-0.1, -0.05) is 0 Å². The van der Waals surface area contributed by atoms with Crippen LogP contribution in [-0.2, 0) is 0 Å². The molecule has 0 amide bonds. The van der Waals surface area contributed by atoms with Gasteiger partial charge in [-0.3, -0.25) is 4.79 Å². The average molecular weight is 251 g/mol. The average Bonchev–Trinajstić information content (AvgIpc) is 2.19. The van der Waals surface area contributed by atoms with Crippen LogP contribution in [0.3, 0.4) is 0 Å². The number of nitrogen functional groups attached to an aromatic ring is 1. The van der Waals surface area contributed by atoms with Crippen molar-refractivity contribution in [3.63, 3.8) is 0 Å². The first kappa shape index (κ1) is 13.3. The molecule has 0 spiro atoms. The van der Waals surface area contributed by atoms with Gasteiger partial charge in [0.15, 0.2) is 5.78 Å². The molecule has 0 radical (unpaired) electrons. The SMILES string of the molecule is CC(=O)c1cc(C(F)F)cc(OC(F)F)c1N. The fourth-order valence-electron chi connectivity index (χ4n) is 1.26. The highest BCUT2D eigenvalue weighted by atomic mass is 19.3. The van der Waals surface area contributed by atoms with Gasteiger partial charge in [-0.05, 0) is 19.1 Å². The Morgan fingerprint density at radius 3 is 2.29 bits per heavy atom. The molecule has 3 nitrogen and oxygen atoms in total. The Morgan fingerprint density at radius 2 is 1.88 bits per heavy atom. The Hall–Kier alpha value is -1.79. The third-order valence-electron chi connectivity index (χ3n) is 2.01. The summed E-state index contributed by atoms with van der Waals surface area (Å²) in [6, 6.07) is 1.55. The van der Waals surface area contributed by atoms with Gasteiger partial charge >= 0.3 is 6.61 Å². The Balaban J connectivity index is 3.32. The van der Waals surface area contributed by atoms with E-state index < -0.39 is 30.1 Å². The normalized spacial score (nSPS) is 11.0. The summed E-state index contributed by atoms with van der Waals surface area (Å²) in [4.78, 5) is 11.1. The minimum absolute atomic E-state index is 0.265. The zero-order valence-electron chi connectivity index (χ0n) is 8.72. The van der Waals surface area contributed by atoms with E-state index in [9.17, 15) is 22.4 Å². The number of carbonyl (C=O) groups excluding carboxylic acids is 1. The van der Waals surface area contributed by atoms with E-state index in [1.165, 1.54) is 0 Å². The lowest BCUT2D eigenvalue weighted by molar-refractivity contribution is -0.0495. The lowest BCUT2D eigenvalue weighted by Gasteiger charge is -2.12. The van der Waals surface area contributed by atoms with Gasteiger partial charge in [0.1, 0.15) is 5.75 Å². The molecule has 94 valence electrons. The molecule has 0 aliphatic heterocycles. The van der Waals surface area contributed by atoms with E-state index in [4.69, 9.17) is 5.73 Å². The molecule has 7 heteroatoms. The highest BCUT2D eigenvalue weighted by Crippen LogP contribution is 2.33. The second-order valence-corrected chi connectivity index (χ2v) is 3.22. The number of nitrogens with two attached hydrogens (primary N) is 1. The first-order chi connectivity index (χ1) is 7.82. The highest BCUT2D eigenvalue weighted by Gasteiger charge is 2.19. The number of carbonyl (C=O) groups is 1. The summed E-state index contributed by atoms with van der Waals surface area (Å²) in [5.41, 5.74) is 4.14. The van der Waals surface area contributed by atoms with Crippen LogP contribution in [0.25, 0.3) is 0 Å². The largest absolute Gasteiger partial charge is 0.433 e. The Morgan fingerprint density at radius 1 is 1.29 bits per heavy atom. The van der Waals surface area contributed by atoms with Crippen molar-refractivity contribution in [2.45, 2.75) is 20.0 Å². The molecular formula is C10H9F4NO2. The van der Waals surface area contributed by atoms with Gasteiger partial charge in [-0.25, -0.2) is 8.78 Å². The third-order valence-corrected chi connectivity index (χ3v) is 2.01. The van der Waals surface area contributed by atoms with Gasteiger partial charge in [0.2, 0.25) is 0 Å². The zero-order valence-corrected chi connectivity index (χ0v) is 8.72. The maximum absolute atomic E-state index is 12.5. The molecule has 0 heterocycles. The summed E-state index contributed by atoms with van der Waals surface area (Å²) < 4.78 is 52.9. The second kappa shape index (κ2) is 5.03. The van der Waals surface area contributed by atoms with Gasteiger partial charge in [0.25, 0.3) is 6.43 Å². The number of anilines is 1. The van der Waals surface area contributed by atoms with E-state index in [1.54, 1.807) is 0 Å². The fraction of sp³-hybridized carbons (Fsp3) is 0.300. The summed E-state index contributed by atoms with van der Waals surface area (Å²) in [6.45, 7) is -2.11. The van der Waals surface area contributed by atoms with Crippen LogP contribution in [-0.4, -0.2) is 12.4 Å². The molecule has 1 rings (SSSR count). The fourth-order valence-corrected chi connectivity index (χ4v) is 1.26. The molecule has 17 heavy (non-hydrogen) atoms. The minimum atomic E-state index is -3.20. The number of Topliss-reactive ketones (excluding diaryl/α,β-unsaturated/α-hetero) is 1. The summed E-state index contributed by atoms with van der Waals surface area (Å²) >= 11 is 0. The molecule has 0 atom stereocenters. The topological polar surface area (TPSA) is 52.3 Å². The first-order valence-electron chi connectivity index (χ1n) is 4.50. The van der Waals surface area contributed by atoms with Crippen molar-refractivity contribution in [1.29, 1.82) is 0 Å². The number of rotatable bonds is 4. The predicted octanol–water partition coefficient (Wildman–Crippen LogP) is 3.01. The van der Waals surface area contributed by atoms with Gasteiger partial charge in [0, 0.05) is 11.1 Å². The molecule has 0 aromatic heterocycles. The highest BCUT2D eigenvalue weighted by molar-refractivity contribution is 6.00. The third kappa shape index (κ3) is 3.08. The van der Waals surface area contributed by atoms with E-state index >= 15 is 0 Å². The maximum atomic E-state index is 12.5. The summed E-state index contributed by atoms with van der Waals surface area (Å²) in [6.07, 6.45) is -2.91. The molecule has 1 aromatic carbocycles. The van der Waals surface area contributed by atoms with Gasteiger partial charge < -0.3 is 10.5 Å². The maximum Gasteiger partial charge on any atom is 0.387 e. The van der Waals surface area contributed by atoms with Crippen molar-refractivity contribution in [2.24, 2.45) is 0 Å². The van der Waals surface area contributed by atoms with Crippen molar-refractivity contribution in [3.05, 3.63) is 23.3 Å². The molecule has 0 saturated carbocycles. The molecule has 0 fully saturated rings. The van der Waals surface area contributed by atoms with Crippen LogP contribution in [0.5, 0.6) is 5.75 Å². The lowest BCUT2D eigenvalue weighted by atomic mass is 10.0. The summed E-state index contributed by atoms with van der Waals surface area (Å²) in [7, 11) is 0. The Kier molecular flexibility index (Phi) is 3.93. The quantitative estimate of drug-likeness (QED) is 0.508. The standard InChI is InChI=1S/C10H9F4NO2/c1-4(16)6-2-5(9(11)12)3-7(8(6)15)17-10(13)14/h2-3,9-10H,15H2,1H3. The molecule has 0 bridgehead atoms. The molecule has 0 unspecified atom stereocenters. The number of ketones is 1.